The van der Waals surface area contributed by atoms with E-state index < -0.39 is 10.0 Å². The van der Waals surface area contributed by atoms with Crippen LogP contribution in [0.1, 0.15) is 33.1 Å². The molecule has 1 atom stereocenters. The summed E-state index contributed by atoms with van der Waals surface area (Å²) < 4.78 is 25.3. The highest BCUT2D eigenvalue weighted by Crippen LogP contribution is 2.23. The first-order chi connectivity index (χ1) is 13.3. The lowest BCUT2D eigenvalue weighted by Crippen LogP contribution is -2.29. The Balaban J connectivity index is 1.90. The highest BCUT2D eigenvalue weighted by atomic mass is 32.2. The second-order valence-electron chi connectivity index (χ2n) is 6.68. The molecule has 0 unspecified atom stereocenters. The van der Waals surface area contributed by atoms with Gasteiger partial charge < -0.3 is 5.32 Å². The quantitative estimate of drug-likeness (QED) is 0.666. The number of hydrogen-bond donors (Lipinski definition) is 2. The molecule has 0 fully saturated rings. The van der Waals surface area contributed by atoms with Crippen LogP contribution in [0.15, 0.2) is 78.9 Å². The standard InChI is InChI=1S/C22H22N2O3S/c1-16-11-13-18(14-12-16)21(17-7-4-3-5-8-17)23-22(25)19-9-6-10-20(15-19)24-28(2,26)27/h3-15,21,24H,1-2H3,(H,23,25)/t21-/m1/s1. The number of nitrogens with one attached hydrogen (secondary N) is 2. The number of sulfonamides is 1. The van der Waals surface area contributed by atoms with Gasteiger partial charge in [0.25, 0.3) is 5.91 Å². The van der Waals surface area contributed by atoms with Crippen molar-refractivity contribution in [3.63, 3.8) is 0 Å². The fraction of sp³-hybridized carbons (Fsp3) is 0.136. The van der Waals surface area contributed by atoms with Crippen molar-refractivity contribution >= 4 is 21.6 Å². The molecule has 28 heavy (non-hydrogen) atoms. The van der Waals surface area contributed by atoms with Gasteiger partial charge in [-0.3, -0.25) is 9.52 Å². The van der Waals surface area contributed by atoms with Crippen LogP contribution in [0, 0.1) is 6.92 Å². The lowest BCUT2D eigenvalue weighted by atomic mass is 9.97. The number of carbonyl (C=O) groups excluding carboxylic acids is 1. The smallest absolute Gasteiger partial charge is 0.252 e. The molecule has 0 saturated carbocycles. The van der Waals surface area contributed by atoms with Crippen molar-refractivity contribution in [3.05, 3.63) is 101 Å². The normalized spacial score (nSPS) is 12.2. The van der Waals surface area contributed by atoms with E-state index in [9.17, 15) is 13.2 Å². The lowest BCUT2D eigenvalue weighted by Gasteiger charge is -2.20. The van der Waals surface area contributed by atoms with Gasteiger partial charge in [0, 0.05) is 11.3 Å². The van der Waals surface area contributed by atoms with Crippen molar-refractivity contribution in [2.24, 2.45) is 0 Å². The molecule has 3 rings (SSSR count). The maximum Gasteiger partial charge on any atom is 0.252 e. The molecule has 0 aliphatic rings. The van der Waals surface area contributed by atoms with E-state index >= 15 is 0 Å². The second-order valence-corrected chi connectivity index (χ2v) is 8.43. The summed E-state index contributed by atoms with van der Waals surface area (Å²) in [6, 6.07) is 23.8. The molecule has 3 aromatic carbocycles. The summed E-state index contributed by atoms with van der Waals surface area (Å²) in [5, 5.41) is 3.06. The van der Waals surface area contributed by atoms with Gasteiger partial charge in [-0.25, -0.2) is 8.42 Å². The molecule has 6 heteroatoms. The van der Waals surface area contributed by atoms with Crippen LogP contribution in [0.2, 0.25) is 0 Å². The Bertz CT molecular complexity index is 1060. The molecule has 0 aliphatic carbocycles. The fourth-order valence-corrected chi connectivity index (χ4v) is 3.47. The van der Waals surface area contributed by atoms with Gasteiger partial charge in [0.05, 0.1) is 12.3 Å². The Hall–Kier alpha value is -3.12. The van der Waals surface area contributed by atoms with E-state index in [0.717, 1.165) is 22.9 Å². The summed E-state index contributed by atoms with van der Waals surface area (Å²) in [6.07, 6.45) is 1.07. The Labute approximate surface area is 165 Å². The monoisotopic (exact) mass is 394 g/mol. The van der Waals surface area contributed by atoms with Crippen LogP contribution in [0.5, 0.6) is 0 Å². The highest BCUT2D eigenvalue weighted by molar-refractivity contribution is 7.92. The van der Waals surface area contributed by atoms with E-state index in [-0.39, 0.29) is 11.9 Å². The van der Waals surface area contributed by atoms with Gasteiger partial charge in [0.1, 0.15) is 0 Å². The zero-order chi connectivity index (χ0) is 20.1. The molecular formula is C22H22N2O3S. The molecule has 0 radical (unpaired) electrons. The first kappa shape index (κ1) is 19.6. The molecule has 2 N–H and O–H groups in total. The van der Waals surface area contributed by atoms with Crippen molar-refractivity contribution in [1.29, 1.82) is 0 Å². The third kappa shape index (κ3) is 5.20. The van der Waals surface area contributed by atoms with E-state index in [2.05, 4.69) is 10.0 Å². The number of aryl methyl sites for hydroxylation is 1. The molecule has 3 aromatic rings. The van der Waals surface area contributed by atoms with Gasteiger partial charge in [-0.05, 0) is 36.2 Å². The number of hydrogen-bond acceptors (Lipinski definition) is 3. The van der Waals surface area contributed by atoms with Crippen molar-refractivity contribution < 1.29 is 13.2 Å². The molecule has 0 aromatic heterocycles. The van der Waals surface area contributed by atoms with Crippen molar-refractivity contribution in [1.82, 2.24) is 5.32 Å². The third-order valence-corrected chi connectivity index (χ3v) is 4.85. The zero-order valence-electron chi connectivity index (χ0n) is 15.7. The van der Waals surface area contributed by atoms with Gasteiger partial charge in [-0.15, -0.1) is 0 Å². The Kier molecular flexibility index (Phi) is 5.80. The van der Waals surface area contributed by atoms with E-state index in [1.165, 1.54) is 6.07 Å². The van der Waals surface area contributed by atoms with E-state index in [0.29, 0.717) is 11.3 Å². The number of amides is 1. The van der Waals surface area contributed by atoms with Crippen LogP contribution in [-0.2, 0) is 10.0 Å². The lowest BCUT2D eigenvalue weighted by molar-refractivity contribution is 0.0943. The Morgan fingerprint density at radius 3 is 2.14 bits per heavy atom. The van der Waals surface area contributed by atoms with Crippen LogP contribution < -0.4 is 10.0 Å². The minimum atomic E-state index is -3.41. The number of anilines is 1. The summed E-state index contributed by atoms with van der Waals surface area (Å²) in [5.41, 5.74) is 3.80. The topological polar surface area (TPSA) is 75.3 Å². The molecular weight excluding hydrogens is 372 g/mol. The van der Waals surface area contributed by atoms with Gasteiger partial charge in [-0.2, -0.15) is 0 Å². The molecule has 0 heterocycles. The molecule has 1 amide bonds. The van der Waals surface area contributed by atoms with Gasteiger partial charge in [0.2, 0.25) is 10.0 Å². The molecule has 5 nitrogen and oxygen atoms in total. The van der Waals surface area contributed by atoms with Crippen LogP contribution in [-0.4, -0.2) is 20.6 Å². The fourth-order valence-electron chi connectivity index (χ4n) is 2.92. The van der Waals surface area contributed by atoms with Gasteiger partial charge in [-0.1, -0.05) is 66.2 Å². The second kappa shape index (κ2) is 8.27. The van der Waals surface area contributed by atoms with Crippen LogP contribution in [0.3, 0.4) is 0 Å². The first-order valence-electron chi connectivity index (χ1n) is 8.82. The van der Waals surface area contributed by atoms with Crippen LogP contribution in [0.25, 0.3) is 0 Å². The number of benzene rings is 3. The zero-order valence-corrected chi connectivity index (χ0v) is 16.5. The highest BCUT2D eigenvalue weighted by Gasteiger charge is 2.18. The van der Waals surface area contributed by atoms with E-state index in [1.54, 1.807) is 18.2 Å². The van der Waals surface area contributed by atoms with E-state index in [1.807, 2.05) is 61.5 Å². The minimum absolute atomic E-state index is 0.286. The SMILES string of the molecule is Cc1ccc([C@H](NC(=O)c2cccc(NS(C)(=O)=O)c2)c2ccccc2)cc1. The minimum Gasteiger partial charge on any atom is -0.341 e. The molecule has 144 valence electrons. The van der Waals surface area contributed by atoms with Gasteiger partial charge in [0.15, 0.2) is 0 Å². The summed E-state index contributed by atoms with van der Waals surface area (Å²) in [4.78, 5) is 12.9. The average Bonchev–Trinajstić information content (AvgIpc) is 2.66. The summed E-state index contributed by atoms with van der Waals surface area (Å²) in [5.74, 6) is -0.286. The van der Waals surface area contributed by atoms with Crippen molar-refractivity contribution in [3.8, 4) is 0 Å². The predicted octanol–water partition coefficient (Wildman–Crippen LogP) is 3.89. The van der Waals surface area contributed by atoms with E-state index in [4.69, 9.17) is 0 Å². The number of carbonyl (C=O) groups is 1. The largest absolute Gasteiger partial charge is 0.341 e. The summed E-state index contributed by atoms with van der Waals surface area (Å²) >= 11 is 0. The summed E-state index contributed by atoms with van der Waals surface area (Å²) in [6.45, 7) is 2.01. The molecule has 0 bridgehead atoms. The maximum atomic E-state index is 12.9. The molecule has 0 spiro atoms. The molecule has 0 saturated heterocycles. The third-order valence-electron chi connectivity index (χ3n) is 4.25. The van der Waals surface area contributed by atoms with Crippen LogP contribution in [0.4, 0.5) is 5.69 Å². The number of rotatable bonds is 6. The van der Waals surface area contributed by atoms with Crippen molar-refractivity contribution in [2.45, 2.75) is 13.0 Å². The summed E-state index contributed by atoms with van der Waals surface area (Å²) in [7, 11) is -3.41. The first-order valence-corrected chi connectivity index (χ1v) is 10.7. The Morgan fingerprint density at radius 2 is 1.50 bits per heavy atom. The molecule has 0 aliphatic heterocycles. The van der Waals surface area contributed by atoms with Crippen molar-refractivity contribution in [2.75, 3.05) is 11.0 Å². The van der Waals surface area contributed by atoms with Crippen LogP contribution >= 0.6 is 0 Å². The van der Waals surface area contributed by atoms with Gasteiger partial charge >= 0.3 is 0 Å². The predicted molar refractivity (Wildman–Crippen MR) is 112 cm³/mol. The maximum absolute atomic E-state index is 12.9. The Morgan fingerprint density at radius 1 is 0.857 bits per heavy atom. The average molecular weight is 394 g/mol.